The second kappa shape index (κ2) is 23.1. The van der Waals surface area contributed by atoms with E-state index < -0.39 is 6.10 Å². The zero-order valence-electron chi connectivity index (χ0n) is 18.7. The second-order valence-corrected chi connectivity index (χ2v) is 7.92. The first-order valence-electron chi connectivity index (χ1n) is 11.7. The molecule has 0 aliphatic carbocycles. The SMILES string of the molecule is CCCCCCCCCCCCCCCCOCC(COC)OCC(O)CO. The van der Waals surface area contributed by atoms with E-state index in [4.69, 9.17) is 19.3 Å². The number of hydrogen-bond donors (Lipinski definition) is 2. The third kappa shape index (κ3) is 20.5. The van der Waals surface area contributed by atoms with Crippen molar-refractivity contribution in [2.45, 2.75) is 109 Å². The summed E-state index contributed by atoms with van der Waals surface area (Å²) in [5, 5.41) is 18.1. The van der Waals surface area contributed by atoms with Gasteiger partial charge in [0.2, 0.25) is 0 Å². The van der Waals surface area contributed by atoms with Crippen LogP contribution in [0.15, 0.2) is 0 Å². The Morgan fingerprint density at radius 1 is 0.679 bits per heavy atom. The Kier molecular flexibility index (Phi) is 22.9. The van der Waals surface area contributed by atoms with Crippen molar-refractivity contribution in [3.05, 3.63) is 0 Å². The third-order valence-electron chi connectivity index (χ3n) is 5.03. The molecule has 0 aromatic heterocycles. The first-order chi connectivity index (χ1) is 13.7. The molecule has 0 radical (unpaired) electrons. The van der Waals surface area contributed by atoms with Crippen LogP contribution < -0.4 is 0 Å². The summed E-state index contributed by atoms with van der Waals surface area (Å²) in [5.74, 6) is 0. The molecule has 0 heterocycles. The van der Waals surface area contributed by atoms with Crippen molar-refractivity contribution in [1.29, 1.82) is 0 Å². The van der Waals surface area contributed by atoms with Crippen molar-refractivity contribution >= 4 is 0 Å². The Balaban J connectivity index is 3.30. The van der Waals surface area contributed by atoms with Gasteiger partial charge in [-0.3, -0.25) is 0 Å². The summed E-state index contributed by atoms with van der Waals surface area (Å²) in [4.78, 5) is 0. The van der Waals surface area contributed by atoms with Gasteiger partial charge in [-0.05, 0) is 6.42 Å². The lowest BCUT2D eigenvalue weighted by Gasteiger charge is -2.18. The number of unbranched alkanes of at least 4 members (excludes halogenated alkanes) is 13. The van der Waals surface area contributed by atoms with Crippen LogP contribution in [0.3, 0.4) is 0 Å². The highest BCUT2D eigenvalue weighted by molar-refractivity contribution is 4.58. The molecule has 170 valence electrons. The zero-order chi connectivity index (χ0) is 20.7. The Morgan fingerprint density at radius 3 is 1.64 bits per heavy atom. The van der Waals surface area contributed by atoms with Crippen LogP contribution in [0, 0.1) is 0 Å². The molecular formula is C23H48O5. The smallest absolute Gasteiger partial charge is 0.104 e. The van der Waals surface area contributed by atoms with E-state index in [2.05, 4.69) is 6.92 Å². The molecule has 0 rings (SSSR count). The Bertz CT molecular complexity index is 288. The Morgan fingerprint density at radius 2 is 1.18 bits per heavy atom. The Hall–Kier alpha value is -0.200. The van der Waals surface area contributed by atoms with Gasteiger partial charge in [0.05, 0.1) is 26.4 Å². The van der Waals surface area contributed by atoms with Gasteiger partial charge < -0.3 is 24.4 Å². The molecule has 5 heteroatoms. The average Bonchev–Trinajstić information content (AvgIpc) is 2.71. The molecule has 0 amide bonds. The minimum absolute atomic E-state index is 0.104. The largest absolute Gasteiger partial charge is 0.394 e. The summed E-state index contributed by atoms with van der Waals surface area (Å²) in [5.41, 5.74) is 0. The monoisotopic (exact) mass is 404 g/mol. The van der Waals surface area contributed by atoms with Crippen LogP contribution in [0.25, 0.3) is 0 Å². The van der Waals surface area contributed by atoms with E-state index in [1.165, 1.54) is 83.5 Å². The zero-order valence-corrected chi connectivity index (χ0v) is 18.7. The molecule has 28 heavy (non-hydrogen) atoms. The fraction of sp³-hybridized carbons (Fsp3) is 1.00. The summed E-state index contributed by atoms with van der Waals surface area (Å²) < 4.78 is 16.3. The number of ether oxygens (including phenoxy) is 3. The number of aliphatic hydroxyl groups excluding tert-OH is 2. The maximum Gasteiger partial charge on any atom is 0.104 e. The van der Waals surface area contributed by atoms with Crippen LogP contribution in [0.5, 0.6) is 0 Å². The molecule has 0 aromatic carbocycles. The van der Waals surface area contributed by atoms with Gasteiger partial charge in [0.1, 0.15) is 12.2 Å². The van der Waals surface area contributed by atoms with Crippen molar-refractivity contribution in [2.75, 3.05) is 40.1 Å². The van der Waals surface area contributed by atoms with E-state index in [1.54, 1.807) is 7.11 Å². The van der Waals surface area contributed by atoms with Crippen LogP contribution in [-0.4, -0.2) is 62.6 Å². The summed E-state index contributed by atoms with van der Waals surface area (Å²) in [7, 11) is 1.62. The van der Waals surface area contributed by atoms with Crippen molar-refractivity contribution in [3.8, 4) is 0 Å². The lowest BCUT2D eigenvalue weighted by atomic mass is 10.0. The molecular weight excluding hydrogens is 356 g/mol. The first-order valence-corrected chi connectivity index (χ1v) is 11.7. The van der Waals surface area contributed by atoms with Gasteiger partial charge in [-0.25, -0.2) is 0 Å². The number of rotatable bonds is 23. The molecule has 0 saturated carbocycles. The van der Waals surface area contributed by atoms with Gasteiger partial charge in [-0.2, -0.15) is 0 Å². The van der Waals surface area contributed by atoms with E-state index >= 15 is 0 Å². The minimum Gasteiger partial charge on any atom is -0.394 e. The quantitative estimate of drug-likeness (QED) is 0.238. The van der Waals surface area contributed by atoms with Gasteiger partial charge in [-0.15, -0.1) is 0 Å². The number of hydrogen-bond acceptors (Lipinski definition) is 5. The lowest BCUT2D eigenvalue weighted by molar-refractivity contribution is -0.0822. The van der Waals surface area contributed by atoms with E-state index in [-0.39, 0.29) is 19.3 Å². The maximum atomic E-state index is 9.33. The van der Waals surface area contributed by atoms with Crippen LogP contribution in [0.4, 0.5) is 0 Å². The van der Waals surface area contributed by atoms with Gasteiger partial charge >= 0.3 is 0 Å². The second-order valence-electron chi connectivity index (χ2n) is 7.92. The van der Waals surface area contributed by atoms with Gasteiger partial charge in [-0.1, -0.05) is 90.4 Å². The van der Waals surface area contributed by atoms with Gasteiger partial charge in [0.15, 0.2) is 0 Å². The first kappa shape index (κ1) is 27.8. The molecule has 0 aromatic rings. The number of aliphatic hydroxyl groups is 2. The minimum atomic E-state index is -0.842. The average molecular weight is 405 g/mol. The summed E-state index contributed by atoms with van der Waals surface area (Å²) in [6.45, 7) is 3.72. The predicted molar refractivity (Wildman–Crippen MR) is 116 cm³/mol. The molecule has 0 bridgehead atoms. The highest BCUT2D eigenvalue weighted by Gasteiger charge is 2.12. The fourth-order valence-electron chi connectivity index (χ4n) is 3.24. The summed E-state index contributed by atoms with van der Waals surface area (Å²) in [6.07, 6.45) is 17.9. The molecule has 0 aliphatic rings. The molecule has 2 atom stereocenters. The normalized spacial score (nSPS) is 13.7. The maximum absolute atomic E-state index is 9.33. The van der Waals surface area contributed by atoms with Crippen LogP contribution in [-0.2, 0) is 14.2 Å². The summed E-state index contributed by atoms with van der Waals surface area (Å²) >= 11 is 0. The standard InChI is InChI=1S/C23H48O5/c1-3-4-5-6-7-8-9-10-11-12-13-14-15-16-17-27-21-23(20-26-2)28-19-22(25)18-24/h22-25H,3-21H2,1-2H3. The van der Waals surface area contributed by atoms with Crippen molar-refractivity contribution in [2.24, 2.45) is 0 Å². The van der Waals surface area contributed by atoms with E-state index in [1.807, 2.05) is 0 Å². The highest BCUT2D eigenvalue weighted by Crippen LogP contribution is 2.13. The molecule has 2 N–H and O–H groups in total. The van der Waals surface area contributed by atoms with Crippen molar-refractivity contribution in [1.82, 2.24) is 0 Å². The van der Waals surface area contributed by atoms with Gasteiger partial charge in [0, 0.05) is 13.7 Å². The van der Waals surface area contributed by atoms with Crippen LogP contribution in [0.2, 0.25) is 0 Å². The van der Waals surface area contributed by atoms with Crippen LogP contribution >= 0.6 is 0 Å². The molecule has 0 aliphatic heterocycles. The highest BCUT2D eigenvalue weighted by atomic mass is 16.6. The summed E-state index contributed by atoms with van der Waals surface area (Å²) in [6, 6.07) is 0. The van der Waals surface area contributed by atoms with E-state index in [0.29, 0.717) is 13.2 Å². The fourth-order valence-corrected chi connectivity index (χ4v) is 3.24. The molecule has 2 unspecified atom stereocenters. The van der Waals surface area contributed by atoms with Crippen molar-refractivity contribution < 1.29 is 24.4 Å². The van der Waals surface area contributed by atoms with Crippen LogP contribution in [0.1, 0.15) is 96.8 Å². The topological polar surface area (TPSA) is 68.2 Å². The number of methoxy groups -OCH3 is 1. The molecule has 0 spiro atoms. The molecule has 5 nitrogen and oxygen atoms in total. The van der Waals surface area contributed by atoms with E-state index in [9.17, 15) is 5.11 Å². The molecule has 0 saturated heterocycles. The third-order valence-corrected chi connectivity index (χ3v) is 5.03. The Labute approximate surface area is 174 Å². The molecule has 0 fully saturated rings. The van der Waals surface area contributed by atoms with Gasteiger partial charge in [0.25, 0.3) is 0 Å². The van der Waals surface area contributed by atoms with Crippen molar-refractivity contribution in [3.63, 3.8) is 0 Å². The van der Waals surface area contributed by atoms with E-state index in [0.717, 1.165) is 13.0 Å². The predicted octanol–water partition coefficient (Wildman–Crippen LogP) is 4.87. The lowest BCUT2D eigenvalue weighted by Crippen LogP contribution is -2.30.